The summed E-state index contributed by atoms with van der Waals surface area (Å²) in [6.45, 7) is 3.02. The van der Waals surface area contributed by atoms with Gasteiger partial charge in [0.25, 0.3) is 0 Å². The highest BCUT2D eigenvalue weighted by Crippen LogP contribution is 2.44. The molecule has 2 aromatic carbocycles. The van der Waals surface area contributed by atoms with E-state index in [0.29, 0.717) is 12.0 Å². The van der Waals surface area contributed by atoms with E-state index < -0.39 is 17.0 Å². The Labute approximate surface area is 179 Å². The van der Waals surface area contributed by atoms with E-state index in [1.54, 1.807) is 6.07 Å². The summed E-state index contributed by atoms with van der Waals surface area (Å²) in [6, 6.07) is 17.2. The number of benzene rings is 2. The van der Waals surface area contributed by atoms with E-state index in [1.807, 2.05) is 18.2 Å². The van der Waals surface area contributed by atoms with Gasteiger partial charge in [0.15, 0.2) is 11.6 Å². The van der Waals surface area contributed by atoms with Gasteiger partial charge in [0.1, 0.15) is 0 Å². The molecule has 0 radical (unpaired) electrons. The lowest BCUT2D eigenvalue weighted by Crippen LogP contribution is -2.38. The predicted octanol–water partition coefficient (Wildman–Crippen LogP) is 6.61. The first kappa shape index (κ1) is 22.4. The third kappa shape index (κ3) is 5.08. The number of nitriles is 1. The standard InChI is InChI=1S/C26H32F2N2/c1-20(30(2)18-21-9-5-3-6-10-21)15-16-26(19-29,22-11-7-4-8-12-22)23-13-14-24(27)25(28)17-23/h3,5-6,9-10,13-14,17,20,22H,4,7-8,11-12,15-16,18H2,1-2H3. The first-order valence-corrected chi connectivity index (χ1v) is 11.1. The molecule has 1 fully saturated rings. The number of hydrogen-bond acceptors (Lipinski definition) is 2. The third-order valence-electron chi connectivity index (χ3n) is 6.92. The van der Waals surface area contributed by atoms with Crippen LogP contribution in [0.5, 0.6) is 0 Å². The Hall–Kier alpha value is -2.25. The Bertz CT molecular complexity index is 855. The van der Waals surface area contributed by atoms with Crippen molar-refractivity contribution in [1.29, 1.82) is 5.26 Å². The number of rotatable bonds is 8. The summed E-state index contributed by atoms with van der Waals surface area (Å²) < 4.78 is 27.7. The SMILES string of the molecule is CC(CCC(C#N)(c1ccc(F)c(F)c1)C1CCCCC1)N(C)Cc1ccccc1. The van der Waals surface area contributed by atoms with Crippen molar-refractivity contribution in [2.75, 3.05) is 7.05 Å². The molecule has 1 aliphatic carbocycles. The average molecular weight is 411 g/mol. The van der Waals surface area contributed by atoms with Crippen LogP contribution < -0.4 is 0 Å². The van der Waals surface area contributed by atoms with Gasteiger partial charge in [-0.2, -0.15) is 5.26 Å². The number of hydrogen-bond donors (Lipinski definition) is 0. The zero-order valence-corrected chi connectivity index (χ0v) is 18.1. The molecule has 3 rings (SSSR count). The fourth-order valence-corrected chi connectivity index (χ4v) is 4.85. The minimum atomic E-state index is -0.864. The largest absolute Gasteiger partial charge is 0.299 e. The Morgan fingerprint density at radius 3 is 2.40 bits per heavy atom. The van der Waals surface area contributed by atoms with Crippen LogP contribution in [0, 0.1) is 28.9 Å². The van der Waals surface area contributed by atoms with Crippen molar-refractivity contribution in [3.05, 3.63) is 71.3 Å². The van der Waals surface area contributed by atoms with Crippen LogP contribution in [0.4, 0.5) is 8.78 Å². The molecule has 30 heavy (non-hydrogen) atoms. The minimum absolute atomic E-state index is 0.188. The molecule has 0 aromatic heterocycles. The molecule has 2 unspecified atom stereocenters. The van der Waals surface area contributed by atoms with Gasteiger partial charge in [-0.15, -0.1) is 0 Å². The zero-order valence-electron chi connectivity index (χ0n) is 18.1. The average Bonchev–Trinajstić information content (AvgIpc) is 2.78. The zero-order chi connectivity index (χ0) is 21.6. The van der Waals surface area contributed by atoms with E-state index in [4.69, 9.17) is 0 Å². The van der Waals surface area contributed by atoms with Gasteiger partial charge in [-0.3, -0.25) is 4.90 Å². The van der Waals surface area contributed by atoms with Gasteiger partial charge in [0.05, 0.1) is 11.5 Å². The lowest BCUT2D eigenvalue weighted by atomic mass is 9.63. The molecule has 160 valence electrons. The molecule has 2 aromatic rings. The Balaban J connectivity index is 1.79. The van der Waals surface area contributed by atoms with Crippen molar-refractivity contribution in [2.45, 2.75) is 69.9 Å². The monoisotopic (exact) mass is 410 g/mol. The van der Waals surface area contributed by atoms with E-state index in [0.717, 1.165) is 38.6 Å². The van der Waals surface area contributed by atoms with Crippen molar-refractivity contribution in [2.24, 2.45) is 5.92 Å². The van der Waals surface area contributed by atoms with Gasteiger partial charge in [-0.05, 0) is 68.8 Å². The van der Waals surface area contributed by atoms with E-state index in [1.165, 1.54) is 24.1 Å². The van der Waals surface area contributed by atoms with Crippen molar-refractivity contribution in [3.8, 4) is 6.07 Å². The molecule has 1 saturated carbocycles. The summed E-state index contributed by atoms with van der Waals surface area (Å²) in [5.41, 5.74) is 1.12. The molecule has 0 aliphatic heterocycles. The second kappa shape index (κ2) is 10.2. The normalized spacial score (nSPS) is 18.0. The Kier molecular flexibility index (Phi) is 7.61. The van der Waals surface area contributed by atoms with Crippen LogP contribution in [0.15, 0.2) is 48.5 Å². The lowest BCUT2D eigenvalue weighted by molar-refractivity contribution is 0.191. The second-order valence-electron chi connectivity index (χ2n) is 8.84. The van der Waals surface area contributed by atoms with E-state index in [-0.39, 0.29) is 12.0 Å². The lowest BCUT2D eigenvalue weighted by Gasteiger charge is -2.39. The maximum Gasteiger partial charge on any atom is 0.159 e. The summed E-state index contributed by atoms with van der Waals surface area (Å²) in [4.78, 5) is 2.30. The van der Waals surface area contributed by atoms with Gasteiger partial charge in [-0.1, -0.05) is 55.7 Å². The Morgan fingerprint density at radius 2 is 1.77 bits per heavy atom. The maximum absolute atomic E-state index is 14.1. The summed E-state index contributed by atoms with van der Waals surface area (Å²) in [5.74, 6) is -1.53. The van der Waals surface area contributed by atoms with E-state index in [2.05, 4.69) is 37.1 Å². The fraction of sp³-hybridized carbons (Fsp3) is 0.500. The molecule has 2 nitrogen and oxygen atoms in total. The first-order chi connectivity index (χ1) is 14.5. The summed E-state index contributed by atoms with van der Waals surface area (Å²) in [7, 11) is 2.10. The van der Waals surface area contributed by atoms with Gasteiger partial charge in [0, 0.05) is 12.6 Å². The van der Waals surface area contributed by atoms with Crippen LogP contribution in [0.25, 0.3) is 0 Å². The molecule has 0 bridgehead atoms. The van der Waals surface area contributed by atoms with Crippen molar-refractivity contribution in [1.82, 2.24) is 4.90 Å². The highest BCUT2D eigenvalue weighted by molar-refractivity contribution is 5.35. The summed E-state index contributed by atoms with van der Waals surface area (Å²) in [6.07, 6.45) is 6.81. The van der Waals surface area contributed by atoms with Crippen molar-refractivity contribution >= 4 is 0 Å². The van der Waals surface area contributed by atoms with Crippen LogP contribution in [-0.4, -0.2) is 18.0 Å². The molecule has 4 heteroatoms. The third-order valence-corrected chi connectivity index (χ3v) is 6.92. The van der Waals surface area contributed by atoms with Crippen molar-refractivity contribution < 1.29 is 8.78 Å². The highest BCUT2D eigenvalue weighted by atomic mass is 19.2. The van der Waals surface area contributed by atoms with Crippen LogP contribution in [0.2, 0.25) is 0 Å². The molecule has 0 spiro atoms. The molecule has 2 atom stereocenters. The van der Waals surface area contributed by atoms with Crippen LogP contribution >= 0.6 is 0 Å². The second-order valence-corrected chi connectivity index (χ2v) is 8.84. The fourth-order valence-electron chi connectivity index (χ4n) is 4.85. The topological polar surface area (TPSA) is 27.0 Å². The van der Waals surface area contributed by atoms with Crippen LogP contribution in [0.3, 0.4) is 0 Å². The summed E-state index contributed by atoms with van der Waals surface area (Å²) >= 11 is 0. The first-order valence-electron chi connectivity index (χ1n) is 11.1. The summed E-state index contributed by atoms with van der Waals surface area (Å²) in [5, 5.41) is 10.3. The molecular weight excluding hydrogens is 378 g/mol. The van der Waals surface area contributed by atoms with Crippen molar-refractivity contribution in [3.63, 3.8) is 0 Å². The van der Waals surface area contributed by atoms with E-state index >= 15 is 0 Å². The number of halogens is 2. The molecule has 0 heterocycles. The van der Waals surface area contributed by atoms with Gasteiger partial charge in [-0.25, -0.2) is 8.78 Å². The molecule has 1 aliphatic rings. The molecule has 0 N–H and O–H groups in total. The molecule has 0 amide bonds. The smallest absolute Gasteiger partial charge is 0.159 e. The predicted molar refractivity (Wildman–Crippen MR) is 117 cm³/mol. The van der Waals surface area contributed by atoms with Gasteiger partial charge in [0.2, 0.25) is 0 Å². The van der Waals surface area contributed by atoms with Crippen LogP contribution in [0.1, 0.15) is 63.0 Å². The van der Waals surface area contributed by atoms with Gasteiger partial charge >= 0.3 is 0 Å². The minimum Gasteiger partial charge on any atom is -0.299 e. The van der Waals surface area contributed by atoms with Crippen LogP contribution in [-0.2, 0) is 12.0 Å². The number of nitrogens with zero attached hydrogens (tertiary/aromatic N) is 2. The van der Waals surface area contributed by atoms with Gasteiger partial charge < -0.3 is 0 Å². The highest BCUT2D eigenvalue weighted by Gasteiger charge is 2.41. The Morgan fingerprint density at radius 1 is 1.07 bits per heavy atom. The quantitative estimate of drug-likeness (QED) is 0.490. The maximum atomic E-state index is 14.1. The molecule has 0 saturated heterocycles. The molecular formula is C26H32F2N2. The van der Waals surface area contributed by atoms with E-state index in [9.17, 15) is 14.0 Å².